The molecule has 0 bridgehead atoms. The highest BCUT2D eigenvalue weighted by molar-refractivity contribution is 5.87. The molecule has 2 heterocycles. The van der Waals surface area contributed by atoms with E-state index >= 15 is 0 Å². The maximum atomic E-state index is 14.4. The van der Waals surface area contributed by atoms with Gasteiger partial charge in [-0.3, -0.25) is 0 Å². The summed E-state index contributed by atoms with van der Waals surface area (Å²) >= 11 is 0. The number of fused-ring (bicyclic) bond motifs is 1. The topological polar surface area (TPSA) is 23.6 Å². The first kappa shape index (κ1) is 15.6. The van der Waals surface area contributed by atoms with Gasteiger partial charge in [-0.1, -0.05) is 36.4 Å². The summed E-state index contributed by atoms with van der Waals surface area (Å²) in [6, 6.07) is 13.0. The molecule has 2 aromatic carbocycles. The number of carbonyl (C=O) groups is 1. The summed E-state index contributed by atoms with van der Waals surface area (Å²) in [7, 11) is 0. The maximum absolute atomic E-state index is 14.4. The Morgan fingerprint density at radius 2 is 1.77 bits per heavy atom. The van der Waals surface area contributed by atoms with Crippen LogP contribution < -0.4 is 0 Å². The Bertz CT molecular complexity index is 907. The van der Waals surface area contributed by atoms with E-state index in [0.717, 1.165) is 30.5 Å². The lowest BCUT2D eigenvalue weighted by Gasteiger charge is -2.25. The van der Waals surface area contributed by atoms with Gasteiger partial charge >= 0.3 is 6.03 Å². The molecule has 132 valence electrons. The van der Waals surface area contributed by atoms with Crippen molar-refractivity contribution in [1.82, 2.24) is 9.80 Å². The van der Waals surface area contributed by atoms with Crippen LogP contribution in [-0.4, -0.2) is 34.5 Å². The second-order valence-corrected chi connectivity index (χ2v) is 7.19. The average molecular weight is 352 g/mol. The minimum atomic E-state index is -0.472. The van der Waals surface area contributed by atoms with E-state index in [4.69, 9.17) is 0 Å². The molecule has 5 rings (SSSR count). The monoisotopic (exact) mass is 352 g/mol. The fourth-order valence-corrected chi connectivity index (χ4v) is 4.14. The molecular formula is C21H18F2N2O. The van der Waals surface area contributed by atoms with E-state index in [0.29, 0.717) is 18.2 Å². The summed E-state index contributed by atoms with van der Waals surface area (Å²) in [5, 5.41) is 0. The number of urea groups is 1. The minimum absolute atomic E-state index is 0.00517. The molecule has 1 saturated carbocycles. The molecule has 5 heteroatoms. The van der Waals surface area contributed by atoms with Gasteiger partial charge in [0.2, 0.25) is 0 Å². The number of nitrogens with zero attached hydrogens (tertiary/aromatic N) is 2. The number of carbonyl (C=O) groups excluding carboxylic acids is 1. The van der Waals surface area contributed by atoms with Crippen LogP contribution in [0.4, 0.5) is 13.6 Å². The first-order valence-corrected chi connectivity index (χ1v) is 8.94. The van der Waals surface area contributed by atoms with E-state index in [1.807, 2.05) is 46.2 Å². The van der Waals surface area contributed by atoms with Crippen molar-refractivity contribution < 1.29 is 13.6 Å². The van der Waals surface area contributed by atoms with Crippen LogP contribution >= 0.6 is 0 Å². The van der Waals surface area contributed by atoms with Crippen molar-refractivity contribution in [3.63, 3.8) is 0 Å². The summed E-state index contributed by atoms with van der Waals surface area (Å²) in [5.74, 6) is -0.927. The van der Waals surface area contributed by atoms with Crippen molar-refractivity contribution in [2.45, 2.75) is 31.0 Å². The molecule has 3 aliphatic rings. The summed E-state index contributed by atoms with van der Waals surface area (Å²) in [5.41, 5.74) is 1.94. The van der Waals surface area contributed by atoms with Crippen molar-refractivity contribution in [3.8, 4) is 0 Å². The van der Waals surface area contributed by atoms with E-state index in [1.165, 1.54) is 6.07 Å². The first-order chi connectivity index (χ1) is 12.6. The van der Waals surface area contributed by atoms with Gasteiger partial charge in [-0.2, -0.15) is 0 Å². The maximum Gasteiger partial charge on any atom is 0.321 e. The highest BCUT2D eigenvalue weighted by Crippen LogP contribution is 2.46. The van der Waals surface area contributed by atoms with Crippen LogP contribution in [0.5, 0.6) is 0 Å². The van der Waals surface area contributed by atoms with Gasteiger partial charge in [0.05, 0.1) is 12.1 Å². The quantitative estimate of drug-likeness (QED) is 0.805. The SMILES string of the molecule is O=C1N(C2CC2)C[C@H]2C(c3cc(F)ccc3F)=C[C@@H](c3ccccc3)N12. The second kappa shape index (κ2) is 5.66. The molecule has 1 aliphatic carbocycles. The molecule has 0 radical (unpaired) electrons. The van der Waals surface area contributed by atoms with Crippen LogP contribution in [0.15, 0.2) is 54.6 Å². The molecule has 0 aromatic heterocycles. The van der Waals surface area contributed by atoms with Crippen LogP contribution in [0.25, 0.3) is 5.57 Å². The van der Waals surface area contributed by atoms with Crippen molar-refractivity contribution in [2.75, 3.05) is 6.54 Å². The zero-order valence-electron chi connectivity index (χ0n) is 14.1. The van der Waals surface area contributed by atoms with Crippen molar-refractivity contribution in [3.05, 3.63) is 77.4 Å². The first-order valence-electron chi connectivity index (χ1n) is 8.94. The number of hydrogen-bond acceptors (Lipinski definition) is 1. The lowest BCUT2D eigenvalue weighted by Crippen LogP contribution is -2.35. The van der Waals surface area contributed by atoms with Gasteiger partial charge in [0, 0.05) is 18.2 Å². The molecule has 2 amide bonds. The summed E-state index contributed by atoms with van der Waals surface area (Å²) in [4.78, 5) is 16.8. The molecule has 1 saturated heterocycles. The van der Waals surface area contributed by atoms with E-state index in [2.05, 4.69) is 0 Å². The normalized spacial score (nSPS) is 24.8. The Hall–Kier alpha value is -2.69. The van der Waals surface area contributed by atoms with Gasteiger partial charge in [-0.15, -0.1) is 0 Å². The Balaban J connectivity index is 1.62. The number of rotatable bonds is 3. The van der Waals surface area contributed by atoms with Crippen LogP contribution in [-0.2, 0) is 0 Å². The fourth-order valence-electron chi connectivity index (χ4n) is 4.14. The average Bonchev–Trinajstić information content (AvgIpc) is 3.34. The molecule has 0 spiro atoms. The number of halogens is 2. The lowest BCUT2D eigenvalue weighted by atomic mass is 9.98. The Morgan fingerprint density at radius 3 is 2.50 bits per heavy atom. The molecule has 3 nitrogen and oxygen atoms in total. The molecule has 2 aliphatic heterocycles. The van der Waals surface area contributed by atoms with Crippen molar-refractivity contribution in [1.29, 1.82) is 0 Å². The van der Waals surface area contributed by atoms with Crippen LogP contribution in [0.1, 0.15) is 30.0 Å². The second-order valence-electron chi connectivity index (χ2n) is 7.19. The van der Waals surface area contributed by atoms with Gasteiger partial charge in [-0.25, -0.2) is 13.6 Å². The predicted molar refractivity (Wildman–Crippen MR) is 94.3 cm³/mol. The Morgan fingerprint density at radius 1 is 1.00 bits per heavy atom. The standard InChI is InChI=1S/C21H18F2N2O/c22-14-6-9-18(23)16(10-14)17-11-19(13-4-2-1-3-5-13)25-20(17)12-24(21(25)26)15-7-8-15/h1-6,9-11,15,19-20H,7-8,12H2/t19-,20-/m0/s1. The van der Waals surface area contributed by atoms with Gasteiger partial charge in [0.1, 0.15) is 11.6 Å². The highest BCUT2D eigenvalue weighted by Gasteiger charge is 2.51. The van der Waals surface area contributed by atoms with E-state index in [-0.39, 0.29) is 23.7 Å². The molecule has 26 heavy (non-hydrogen) atoms. The predicted octanol–water partition coefficient (Wildman–Crippen LogP) is 4.37. The van der Waals surface area contributed by atoms with E-state index in [1.54, 1.807) is 0 Å². The number of amides is 2. The zero-order valence-corrected chi connectivity index (χ0v) is 14.1. The Kier molecular flexibility index (Phi) is 3.39. The van der Waals surface area contributed by atoms with Crippen molar-refractivity contribution in [2.24, 2.45) is 0 Å². The minimum Gasteiger partial charge on any atom is -0.319 e. The van der Waals surface area contributed by atoms with Gasteiger partial charge < -0.3 is 9.80 Å². The molecule has 0 unspecified atom stereocenters. The molecule has 0 N–H and O–H groups in total. The lowest BCUT2D eigenvalue weighted by molar-refractivity contribution is 0.182. The van der Waals surface area contributed by atoms with Crippen LogP contribution in [0.3, 0.4) is 0 Å². The van der Waals surface area contributed by atoms with Gasteiger partial charge in [0.15, 0.2) is 0 Å². The smallest absolute Gasteiger partial charge is 0.319 e. The van der Waals surface area contributed by atoms with Gasteiger partial charge in [0.25, 0.3) is 0 Å². The van der Waals surface area contributed by atoms with Crippen LogP contribution in [0, 0.1) is 11.6 Å². The summed E-state index contributed by atoms with van der Waals surface area (Å²) < 4.78 is 28.2. The largest absolute Gasteiger partial charge is 0.321 e. The molecule has 2 aromatic rings. The highest BCUT2D eigenvalue weighted by atomic mass is 19.1. The summed E-state index contributed by atoms with van der Waals surface area (Å²) in [6.45, 7) is 0.536. The number of hydrogen-bond donors (Lipinski definition) is 0. The van der Waals surface area contributed by atoms with Crippen molar-refractivity contribution >= 4 is 11.6 Å². The third-order valence-electron chi connectivity index (χ3n) is 5.54. The van der Waals surface area contributed by atoms with E-state index in [9.17, 15) is 13.6 Å². The molecule has 2 fully saturated rings. The Labute approximate surface area is 150 Å². The van der Waals surface area contributed by atoms with E-state index < -0.39 is 11.6 Å². The number of benzene rings is 2. The third-order valence-corrected chi connectivity index (χ3v) is 5.54. The molecule has 2 atom stereocenters. The van der Waals surface area contributed by atoms with Crippen LogP contribution in [0.2, 0.25) is 0 Å². The summed E-state index contributed by atoms with van der Waals surface area (Å²) in [6.07, 6.45) is 3.96. The fraction of sp³-hybridized carbons (Fsp3) is 0.286. The third kappa shape index (κ3) is 2.34. The molecular weight excluding hydrogens is 334 g/mol. The zero-order chi connectivity index (χ0) is 17.8. The van der Waals surface area contributed by atoms with Gasteiger partial charge in [-0.05, 0) is 42.2 Å².